The summed E-state index contributed by atoms with van der Waals surface area (Å²) in [6.45, 7) is 0. The first kappa shape index (κ1) is 37.2. The number of hydrogen-bond acceptors (Lipinski definition) is 2. The van der Waals surface area contributed by atoms with Crippen LogP contribution in [0.1, 0.15) is 0 Å². The van der Waals surface area contributed by atoms with E-state index in [-0.39, 0.29) is 0 Å². The Balaban J connectivity index is 0.884. The Labute approximate surface area is 371 Å². The fourth-order valence-electron chi connectivity index (χ4n) is 9.28. The van der Waals surface area contributed by atoms with Crippen molar-refractivity contribution < 1.29 is 0 Å². The number of fused-ring (bicyclic) bond motifs is 4. The van der Waals surface area contributed by atoms with Crippen LogP contribution in [-0.4, -0.2) is 19.3 Å². The molecule has 0 saturated carbocycles. The molecule has 64 heavy (non-hydrogen) atoms. The molecule has 10 aromatic carbocycles. The molecule has 0 radical (unpaired) electrons. The maximum Gasteiger partial charge on any atom is 0.182 e. The normalized spacial score (nSPS) is 11.4. The van der Waals surface area contributed by atoms with Crippen LogP contribution in [0.2, 0.25) is 0 Å². The highest BCUT2D eigenvalue weighted by Crippen LogP contribution is 2.40. The highest BCUT2D eigenvalue weighted by atomic mass is 15.4. The Hall–Kier alpha value is -8.60. The molecular weight excluding hydrogens is 777 g/mol. The smallest absolute Gasteiger partial charge is 0.182 e. The Kier molecular flexibility index (Phi) is 9.12. The van der Waals surface area contributed by atoms with E-state index < -0.39 is 0 Å². The first-order chi connectivity index (χ1) is 31.7. The molecule has 0 amide bonds. The summed E-state index contributed by atoms with van der Waals surface area (Å²) in [7, 11) is 0. The molecule has 0 fully saturated rings. The summed E-state index contributed by atoms with van der Waals surface area (Å²) in [5.74, 6) is 1.47. The van der Waals surface area contributed by atoms with Gasteiger partial charge in [0.15, 0.2) is 11.6 Å². The first-order valence-corrected chi connectivity index (χ1v) is 21.7. The van der Waals surface area contributed by atoms with Gasteiger partial charge in [0.25, 0.3) is 0 Å². The SMILES string of the molecule is c1ccc(-c2nc(-c3ccc(-c4ccc5ccccc5c4)cc3)n(-c3ccc(-c4ccccc4-c4ccccc4-c4ccc(-n5c6ccccc6c6ccccc65)cc4)cc3)n2)cc1. The lowest BCUT2D eigenvalue weighted by atomic mass is 9.89. The van der Waals surface area contributed by atoms with Crippen molar-refractivity contribution in [1.29, 1.82) is 0 Å². The molecule has 4 heteroatoms. The van der Waals surface area contributed by atoms with Gasteiger partial charge in [-0.1, -0.05) is 200 Å². The van der Waals surface area contributed by atoms with E-state index in [9.17, 15) is 0 Å². The molecule has 0 saturated heterocycles. The van der Waals surface area contributed by atoms with E-state index >= 15 is 0 Å². The molecule has 4 nitrogen and oxygen atoms in total. The third-order valence-corrected chi connectivity index (χ3v) is 12.4. The number of para-hydroxylation sites is 2. The van der Waals surface area contributed by atoms with Crippen molar-refractivity contribution >= 4 is 32.6 Å². The average molecular weight is 817 g/mol. The van der Waals surface area contributed by atoms with Crippen molar-refractivity contribution in [3.05, 3.63) is 243 Å². The molecule has 0 aliphatic heterocycles. The maximum atomic E-state index is 5.14. The predicted molar refractivity (Wildman–Crippen MR) is 266 cm³/mol. The zero-order valence-electron chi connectivity index (χ0n) is 34.9. The predicted octanol–water partition coefficient (Wildman–Crippen LogP) is 15.5. The molecule has 0 bridgehead atoms. The third-order valence-electron chi connectivity index (χ3n) is 12.4. The van der Waals surface area contributed by atoms with E-state index in [0.717, 1.165) is 45.0 Å². The molecule has 2 heterocycles. The Morgan fingerprint density at radius 1 is 0.297 bits per heavy atom. The van der Waals surface area contributed by atoms with E-state index in [1.54, 1.807) is 0 Å². The molecule has 0 aliphatic carbocycles. The molecule has 0 aliphatic rings. The van der Waals surface area contributed by atoms with Gasteiger partial charge in [0.05, 0.1) is 16.7 Å². The van der Waals surface area contributed by atoms with E-state index in [2.05, 4.69) is 229 Å². The lowest BCUT2D eigenvalue weighted by Gasteiger charge is -2.16. The highest BCUT2D eigenvalue weighted by molar-refractivity contribution is 6.09. The van der Waals surface area contributed by atoms with Gasteiger partial charge in [0.1, 0.15) is 0 Å². The van der Waals surface area contributed by atoms with Gasteiger partial charge in [0, 0.05) is 27.6 Å². The molecule has 0 atom stereocenters. The minimum Gasteiger partial charge on any atom is -0.309 e. The summed E-state index contributed by atoms with van der Waals surface area (Å²) in [5.41, 5.74) is 15.8. The van der Waals surface area contributed by atoms with Crippen molar-refractivity contribution in [3.63, 3.8) is 0 Å². The Bertz CT molecular complexity index is 3580. The molecule has 0 spiro atoms. The first-order valence-electron chi connectivity index (χ1n) is 21.7. The van der Waals surface area contributed by atoms with Gasteiger partial charge in [-0.3, -0.25) is 0 Å². The van der Waals surface area contributed by atoms with Crippen molar-refractivity contribution in [3.8, 4) is 78.7 Å². The van der Waals surface area contributed by atoms with E-state index in [1.165, 1.54) is 60.4 Å². The van der Waals surface area contributed by atoms with Gasteiger partial charge < -0.3 is 4.57 Å². The summed E-state index contributed by atoms with van der Waals surface area (Å²) in [6.07, 6.45) is 0. The van der Waals surface area contributed by atoms with Crippen LogP contribution in [0.15, 0.2) is 243 Å². The maximum absolute atomic E-state index is 5.14. The van der Waals surface area contributed by atoms with Crippen LogP contribution in [0, 0.1) is 0 Å². The fourth-order valence-corrected chi connectivity index (χ4v) is 9.28. The van der Waals surface area contributed by atoms with E-state index in [0.29, 0.717) is 5.82 Å². The zero-order valence-corrected chi connectivity index (χ0v) is 34.9. The van der Waals surface area contributed by atoms with Crippen molar-refractivity contribution in [2.45, 2.75) is 0 Å². The molecule has 0 unspecified atom stereocenters. The second-order valence-corrected chi connectivity index (χ2v) is 16.2. The lowest BCUT2D eigenvalue weighted by Crippen LogP contribution is -2.00. The minimum absolute atomic E-state index is 0.684. The van der Waals surface area contributed by atoms with Crippen molar-refractivity contribution in [2.75, 3.05) is 0 Å². The Morgan fingerprint density at radius 2 is 0.766 bits per heavy atom. The van der Waals surface area contributed by atoms with Crippen molar-refractivity contribution in [1.82, 2.24) is 19.3 Å². The van der Waals surface area contributed by atoms with Gasteiger partial charge in [-0.25, -0.2) is 9.67 Å². The van der Waals surface area contributed by atoms with E-state index in [4.69, 9.17) is 10.1 Å². The van der Waals surface area contributed by atoms with Crippen LogP contribution >= 0.6 is 0 Å². The number of benzene rings is 10. The molecule has 12 rings (SSSR count). The largest absolute Gasteiger partial charge is 0.309 e. The summed E-state index contributed by atoms with van der Waals surface area (Å²) in [5, 5.41) is 10.1. The van der Waals surface area contributed by atoms with Crippen LogP contribution < -0.4 is 0 Å². The van der Waals surface area contributed by atoms with Crippen LogP contribution in [0.25, 0.3) is 111 Å². The zero-order chi connectivity index (χ0) is 42.4. The minimum atomic E-state index is 0.684. The van der Waals surface area contributed by atoms with Gasteiger partial charge in [0.2, 0.25) is 0 Å². The van der Waals surface area contributed by atoms with Crippen molar-refractivity contribution in [2.24, 2.45) is 0 Å². The molecule has 0 N–H and O–H groups in total. The van der Waals surface area contributed by atoms with Crippen LogP contribution in [0.5, 0.6) is 0 Å². The fraction of sp³-hybridized carbons (Fsp3) is 0. The number of rotatable bonds is 8. The summed E-state index contributed by atoms with van der Waals surface area (Å²) >= 11 is 0. The molecule has 12 aromatic rings. The van der Waals surface area contributed by atoms with E-state index in [1.807, 2.05) is 22.9 Å². The highest BCUT2D eigenvalue weighted by Gasteiger charge is 2.18. The molecule has 2 aromatic heterocycles. The second-order valence-electron chi connectivity index (χ2n) is 16.2. The molecular formula is C60H40N4. The topological polar surface area (TPSA) is 35.6 Å². The number of aromatic nitrogens is 4. The standard InChI is InChI=1S/C60H40N4/c1-2-15-45(16-3-1)59-61-60(46-29-26-42(27-30-46)48-31-28-41-14-4-5-17-47(41)40-48)64(62-59)50-38-34-44(35-39-50)52-19-7-9-21-54(52)53-20-8-6-18-51(53)43-32-36-49(37-33-43)63-57-24-12-10-22-55(57)56-23-11-13-25-58(56)63/h1-40H. The average Bonchev–Trinajstić information content (AvgIpc) is 3.97. The van der Waals surface area contributed by atoms with Crippen LogP contribution in [0.4, 0.5) is 0 Å². The Morgan fingerprint density at radius 3 is 1.39 bits per heavy atom. The monoisotopic (exact) mass is 816 g/mol. The van der Waals surface area contributed by atoms with Gasteiger partial charge in [-0.05, 0) is 97.7 Å². The number of nitrogens with zero attached hydrogens (tertiary/aromatic N) is 4. The van der Waals surface area contributed by atoms with Gasteiger partial charge in [-0.2, -0.15) is 0 Å². The number of hydrogen-bond donors (Lipinski definition) is 0. The lowest BCUT2D eigenvalue weighted by molar-refractivity contribution is 0.891. The summed E-state index contributed by atoms with van der Waals surface area (Å²) in [4.78, 5) is 5.14. The molecule has 300 valence electrons. The third kappa shape index (κ3) is 6.57. The summed E-state index contributed by atoms with van der Waals surface area (Å²) in [6, 6.07) is 86.5. The van der Waals surface area contributed by atoms with Gasteiger partial charge in [-0.15, -0.1) is 5.10 Å². The second kappa shape index (κ2) is 15.7. The van der Waals surface area contributed by atoms with Crippen LogP contribution in [-0.2, 0) is 0 Å². The quantitative estimate of drug-likeness (QED) is 0.153. The van der Waals surface area contributed by atoms with Crippen LogP contribution in [0.3, 0.4) is 0 Å². The van der Waals surface area contributed by atoms with Gasteiger partial charge >= 0.3 is 0 Å². The summed E-state index contributed by atoms with van der Waals surface area (Å²) < 4.78 is 4.34.